The van der Waals surface area contributed by atoms with E-state index in [-0.39, 0.29) is 5.54 Å². The van der Waals surface area contributed by atoms with Gasteiger partial charge in [-0.25, -0.2) is 0 Å². The van der Waals surface area contributed by atoms with Crippen LogP contribution in [0.15, 0.2) is 0 Å². The van der Waals surface area contributed by atoms with E-state index in [1.165, 1.54) is 0 Å². The summed E-state index contributed by atoms with van der Waals surface area (Å²) >= 11 is 0. The molecule has 0 aromatic rings. The second-order valence-corrected chi connectivity index (χ2v) is 5.18. The Labute approximate surface area is 106 Å². The standard InChI is InChI=1S/C13H30N2O2/c1-11(2)13(9-14,10-17-6)15(12(3)4)7-8-16-5/h11-12H,7-10,14H2,1-6H3. The first-order valence-electron chi connectivity index (χ1n) is 6.41. The van der Waals surface area contributed by atoms with Gasteiger partial charge in [-0.3, -0.25) is 4.90 Å². The van der Waals surface area contributed by atoms with Crippen LogP contribution in [0, 0.1) is 5.92 Å². The molecule has 0 rings (SSSR count). The molecule has 0 saturated heterocycles. The molecule has 4 heteroatoms. The van der Waals surface area contributed by atoms with E-state index in [0.717, 1.165) is 13.2 Å². The SMILES string of the molecule is COCCN(C(C)C)C(CN)(COC)C(C)C. The lowest BCUT2D eigenvalue weighted by atomic mass is 9.84. The van der Waals surface area contributed by atoms with Gasteiger partial charge in [0.25, 0.3) is 0 Å². The molecule has 0 amide bonds. The molecule has 0 radical (unpaired) electrons. The van der Waals surface area contributed by atoms with E-state index in [9.17, 15) is 0 Å². The second kappa shape index (κ2) is 8.03. The molecule has 17 heavy (non-hydrogen) atoms. The molecule has 1 atom stereocenters. The van der Waals surface area contributed by atoms with Crippen LogP contribution in [-0.4, -0.2) is 57.0 Å². The van der Waals surface area contributed by atoms with Gasteiger partial charge in [0.2, 0.25) is 0 Å². The van der Waals surface area contributed by atoms with Crippen molar-refractivity contribution in [2.24, 2.45) is 11.7 Å². The van der Waals surface area contributed by atoms with Gasteiger partial charge in [0.1, 0.15) is 0 Å². The number of nitrogens with two attached hydrogens (primary N) is 1. The lowest BCUT2D eigenvalue weighted by Gasteiger charge is -2.48. The largest absolute Gasteiger partial charge is 0.383 e. The summed E-state index contributed by atoms with van der Waals surface area (Å²) < 4.78 is 10.6. The van der Waals surface area contributed by atoms with Crippen LogP contribution in [0.1, 0.15) is 27.7 Å². The zero-order chi connectivity index (χ0) is 13.5. The Morgan fingerprint density at radius 3 is 2.00 bits per heavy atom. The molecule has 0 aliphatic heterocycles. The zero-order valence-corrected chi connectivity index (χ0v) is 12.3. The van der Waals surface area contributed by atoms with Crippen molar-refractivity contribution in [1.82, 2.24) is 4.90 Å². The van der Waals surface area contributed by atoms with E-state index in [4.69, 9.17) is 15.2 Å². The van der Waals surface area contributed by atoms with Crippen molar-refractivity contribution in [2.75, 3.05) is 40.5 Å². The fraction of sp³-hybridized carbons (Fsp3) is 1.00. The molecule has 0 aromatic heterocycles. The van der Waals surface area contributed by atoms with Crippen LogP contribution >= 0.6 is 0 Å². The molecular formula is C13H30N2O2. The molecular weight excluding hydrogens is 216 g/mol. The van der Waals surface area contributed by atoms with Crippen LogP contribution < -0.4 is 5.73 Å². The minimum Gasteiger partial charge on any atom is -0.383 e. The summed E-state index contributed by atoms with van der Waals surface area (Å²) in [6, 6.07) is 0.422. The number of rotatable bonds is 9. The van der Waals surface area contributed by atoms with Crippen LogP contribution in [0.3, 0.4) is 0 Å². The summed E-state index contributed by atoms with van der Waals surface area (Å²) in [5.41, 5.74) is 5.93. The fourth-order valence-electron chi connectivity index (χ4n) is 2.43. The lowest BCUT2D eigenvalue weighted by molar-refractivity contribution is -0.0434. The molecule has 104 valence electrons. The zero-order valence-electron chi connectivity index (χ0n) is 12.3. The summed E-state index contributed by atoms with van der Waals surface area (Å²) in [4.78, 5) is 2.41. The molecule has 0 aromatic carbocycles. The van der Waals surface area contributed by atoms with E-state index >= 15 is 0 Å². The summed E-state index contributed by atoms with van der Waals surface area (Å²) in [6.07, 6.45) is 0. The maximum Gasteiger partial charge on any atom is 0.0661 e. The normalized spacial score (nSPS) is 15.9. The summed E-state index contributed by atoms with van der Waals surface area (Å²) in [6.45, 7) is 11.6. The van der Waals surface area contributed by atoms with Gasteiger partial charge in [0.05, 0.1) is 18.8 Å². The third kappa shape index (κ3) is 4.21. The van der Waals surface area contributed by atoms with E-state index in [1.807, 2.05) is 0 Å². The predicted octanol–water partition coefficient (Wildman–Crippen LogP) is 1.34. The van der Waals surface area contributed by atoms with Gasteiger partial charge in [-0.1, -0.05) is 13.8 Å². The Kier molecular flexibility index (Phi) is 7.96. The molecule has 0 fully saturated rings. The van der Waals surface area contributed by atoms with Crippen molar-refractivity contribution in [2.45, 2.75) is 39.3 Å². The third-order valence-corrected chi connectivity index (χ3v) is 3.55. The van der Waals surface area contributed by atoms with E-state index in [0.29, 0.717) is 25.1 Å². The van der Waals surface area contributed by atoms with Crippen molar-refractivity contribution in [3.05, 3.63) is 0 Å². The highest BCUT2D eigenvalue weighted by Gasteiger charge is 2.39. The number of hydrogen-bond donors (Lipinski definition) is 1. The fourth-order valence-corrected chi connectivity index (χ4v) is 2.43. The Balaban J connectivity index is 5.03. The smallest absolute Gasteiger partial charge is 0.0661 e. The van der Waals surface area contributed by atoms with Gasteiger partial charge >= 0.3 is 0 Å². The van der Waals surface area contributed by atoms with Crippen LogP contribution in [0.2, 0.25) is 0 Å². The minimum absolute atomic E-state index is 0.110. The lowest BCUT2D eigenvalue weighted by Crippen LogP contribution is -2.63. The molecule has 0 heterocycles. The molecule has 2 N–H and O–H groups in total. The predicted molar refractivity (Wildman–Crippen MR) is 72.2 cm³/mol. The first kappa shape index (κ1) is 16.8. The second-order valence-electron chi connectivity index (χ2n) is 5.18. The summed E-state index contributed by atoms with van der Waals surface area (Å²) in [7, 11) is 3.47. The van der Waals surface area contributed by atoms with Gasteiger partial charge in [0, 0.05) is 33.4 Å². The average molecular weight is 246 g/mol. The number of hydrogen-bond acceptors (Lipinski definition) is 4. The molecule has 0 spiro atoms. The van der Waals surface area contributed by atoms with Crippen molar-refractivity contribution < 1.29 is 9.47 Å². The number of ether oxygens (including phenoxy) is 2. The average Bonchev–Trinajstić information content (AvgIpc) is 2.27. The molecule has 4 nitrogen and oxygen atoms in total. The highest BCUT2D eigenvalue weighted by Crippen LogP contribution is 2.26. The molecule has 0 aliphatic carbocycles. The van der Waals surface area contributed by atoms with Gasteiger partial charge in [-0.05, 0) is 19.8 Å². The number of nitrogens with zero attached hydrogens (tertiary/aromatic N) is 1. The Bertz CT molecular complexity index is 198. The minimum atomic E-state index is -0.110. The van der Waals surface area contributed by atoms with Crippen molar-refractivity contribution in [3.63, 3.8) is 0 Å². The third-order valence-electron chi connectivity index (χ3n) is 3.55. The van der Waals surface area contributed by atoms with Crippen LogP contribution in [0.4, 0.5) is 0 Å². The van der Waals surface area contributed by atoms with E-state index in [1.54, 1.807) is 14.2 Å². The first-order valence-corrected chi connectivity index (χ1v) is 6.41. The molecule has 0 bridgehead atoms. The quantitative estimate of drug-likeness (QED) is 0.667. The monoisotopic (exact) mass is 246 g/mol. The maximum atomic E-state index is 6.04. The van der Waals surface area contributed by atoms with Gasteiger partial charge in [-0.15, -0.1) is 0 Å². The maximum absolute atomic E-state index is 6.04. The first-order chi connectivity index (χ1) is 7.96. The summed E-state index contributed by atoms with van der Waals surface area (Å²) in [5, 5.41) is 0. The summed E-state index contributed by atoms with van der Waals surface area (Å²) in [5.74, 6) is 0.437. The highest BCUT2D eigenvalue weighted by molar-refractivity contribution is 4.96. The van der Waals surface area contributed by atoms with Crippen molar-refractivity contribution in [1.29, 1.82) is 0 Å². The van der Waals surface area contributed by atoms with Gasteiger partial charge < -0.3 is 15.2 Å². The Morgan fingerprint density at radius 2 is 1.71 bits per heavy atom. The highest BCUT2D eigenvalue weighted by atomic mass is 16.5. The number of methoxy groups -OCH3 is 2. The van der Waals surface area contributed by atoms with Crippen molar-refractivity contribution in [3.8, 4) is 0 Å². The molecule has 1 unspecified atom stereocenters. The molecule has 0 saturated carbocycles. The van der Waals surface area contributed by atoms with Crippen molar-refractivity contribution >= 4 is 0 Å². The van der Waals surface area contributed by atoms with Gasteiger partial charge in [0.15, 0.2) is 0 Å². The van der Waals surface area contributed by atoms with Crippen LogP contribution in [-0.2, 0) is 9.47 Å². The van der Waals surface area contributed by atoms with E-state index in [2.05, 4.69) is 32.6 Å². The van der Waals surface area contributed by atoms with Crippen LogP contribution in [0.5, 0.6) is 0 Å². The van der Waals surface area contributed by atoms with Gasteiger partial charge in [-0.2, -0.15) is 0 Å². The molecule has 0 aliphatic rings. The Morgan fingerprint density at radius 1 is 1.12 bits per heavy atom. The van der Waals surface area contributed by atoms with Crippen LogP contribution in [0.25, 0.3) is 0 Å². The van der Waals surface area contributed by atoms with E-state index < -0.39 is 0 Å². The topological polar surface area (TPSA) is 47.7 Å². The Hall–Kier alpha value is -0.160.